The number of hydrogen-bond acceptors (Lipinski definition) is 4. The third-order valence-corrected chi connectivity index (χ3v) is 4.48. The molecule has 0 amide bonds. The predicted molar refractivity (Wildman–Crippen MR) is 82.7 cm³/mol. The lowest BCUT2D eigenvalue weighted by molar-refractivity contribution is 0.600. The maximum atomic E-state index is 12.4. The van der Waals surface area contributed by atoms with Crippen LogP contribution in [-0.2, 0) is 23.1 Å². The van der Waals surface area contributed by atoms with Crippen LogP contribution < -0.4 is 10.0 Å². The zero-order valence-corrected chi connectivity index (χ0v) is 13.2. The topological polar surface area (TPSA) is 76.0 Å². The van der Waals surface area contributed by atoms with Gasteiger partial charge < -0.3 is 9.88 Å². The molecule has 0 saturated carbocycles. The summed E-state index contributed by atoms with van der Waals surface area (Å²) >= 11 is 0. The number of hydrogen-bond donors (Lipinski definition) is 2. The molecule has 21 heavy (non-hydrogen) atoms. The smallest absolute Gasteiger partial charge is 0.263 e. The molecule has 0 radical (unpaired) electrons. The second-order valence-electron chi connectivity index (χ2n) is 4.78. The Balaban J connectivity index is 2.28. The first kappa shape index (κ1) is 15.5. The molecule has 0 saturated heterocycles. The van der Waals surface area contributed by atoms with Crippen molar-refractivity contribution in [3.63, 3.8) is 0 Å². The van der Waals surface area contributed by atoms with Crippen LogP contribution in [-0.4, -0.2) is 25.0 Å². The minimum atomic E-state index is -3.59. The summed E-state index contributed by atoms with van der Waals surface area (Å²) in [6, 6.07) is 5.15. The number of anilines is 1. The van der Waals surface area contributed by atoms with E-state index in [-0.39, 0.29) is 4.90 Å². The summed E-state index contributed by atoms with van der Waals surface area (Å²) in [4.78, 5) is 4.34. The molecule has 0 bridgehead atoms. The second kappa shape index (κ2) is 6.28. The maximum absolute atomic E-state index is 12.4. The number of rotatable bonds is 6. The highest BCUT2D eigenvalue weighted by molar-refractivity contribution is 7.92. The van der Waals surface area contributed by atoms with E-state index in [2.05, 4.69) is 15.0 Å². The van der Waals surface area contributed by atoms with Crippen molar-refractivity contribution in [3.8, 4) is 0 Å². The van der Waals surface area contributed by atoms with Gasteiger partial charge in [-0.1, -0.05) is 0 Å². The lowest BCUT2D eigenvalue weighted by atomic mass is 10.4. The molecule has 0 aliphatic rings. The lowest BCUT2D eigenvalue weighted by Crippen LogP contribution is -2.12. The minimum Gasteiger partial charge on any atom is -0.349 e. The van der Waals surface area contributed by atoms with Crippen molar-refractivity contribution in [1.29, 1.82) is 0 Å². The summed E-state index contributed by atoms with van der Waals surface area (Å²) < 4.78 is 29.3. The monoisotopic (exact) mass is 308 g/mol. The van der Waals surface area contributed by atoms with Gasteiger partial charge >= 0.3 is 0 Å². The molecular weight excluding hydrogens is 288 g/mol. The second-order valence-corrected chi connectivity index (χ2v) is 6.46. The van der Waals surface area contributed by atoms with Gasteiger partial charge in [-0.05, 0) is 39.1 Å². The molecule has 2 aromatic heterocycles. The summed E-state index contributed by atoms with van der Waals surface area (Å²) in [7, 11) is -1.76. The molecule has 0 fully saturated rings. The Morgan fingerprint density at radius 2 is 2.10 bits per heavy atom. The SMILES string of the molecule is CCn1cc(S(=O)(=O)Nc2ccc(C)nc2)cc1CNC. The van der Waals surface area contributed by atoms with Crippen molar-refractivity contribution < 1.29 is 8.42 Å². The fourth-order valence-electron chi connectivity index (χ4n) is 2.04. The third kappa shape index (κ3) is 3.62. The first-order valence-electron chi connectivity index (χ1n) is 6.75. The average molecular weight is 308 g/mol. The Labute approximate surface area is 125 Å². The molecule has 0 unspecified atom stereocenters. The highest BCUT2D eigenvalue weighted by Gasteiger charge is 2.18. The van der Waals surface area contributed by atoms with Crippen LogP contribution in [0.5, 0.6) is 0 Å². The summed E-state index contributed by atoms with van der Waals surface area (Å²) in [6.45, 7) is 5.17. The fraction of sp³-hybridized carbons (Fsp3) is 0.357. The largest absolute Gasteiger partial charge is 0.349 e. The molecule has 0 spiro atoms. The van der Waals surface area contributed by atoms with Gasteiger partial charge in [0.05, 0.1) is 11.9 Å². The van der Waals surface area contributed by atoms with E-state index in [1.165, 1.54) is 6.20 Å². The number of sulfonamides is 1. The molecule has 2 heterocycles. The van der Waals surface area contributed by atoms with Gasteiger partial charge in [0.15, 0.2) is 0 Å². The number of aromatic nitrogens is 2. The predicted octanol–water partition coefficient (Wildman–Crippen LogP) is 1.73. The number of pyridine rings is 1. The quantitative estimate of drug-likeness (QED) is 0.852. The van der Waals surface area contributed by atoms with Crippen LogP contribution in [0.1, 0.15) is 18.3 Å². The minimum absolute atomic E-state index is 0.259. The maximum Gasteiger partial charge on any atom is 0.263 e. The Hall–Kier alpha value is -1.86. The summed E-state index contributed by atoms with van der Waals surface area (Å²) in [5, 5.41) is 3.03. The zero-order valence-electron chi connectivity index (χ0n) is 12.4. The van der Waals surface area contributed by atoms with Crippen LogP contribution in [0.3, 0.4) is 0 Å². The van der Waals surface area contributed by atoms with Gasteiger partial charge in [0.1, 0.15) is 4.90 Å². The van der Waals surface area contributed by atoms with E-state index < -0.39 is 10.0 Å². The molecule has 7 heteroatoms. The molecule has 2 N–H and O–H groups in total. The van der Waals surface area contributed by atoms with Gasteiger partial charge in [0.2, 0.25) is 0 Å². The van der Waals surface area contributed by atoms with E-state index >= 15 is 0 Å². The number of aryl methyl sites for hydroxylation is 2. The van der Waals surface area contributed by atoms with Crippen molar-refractivity contribution in [1.82, 2.24) is 14.9 Å². The summed E-state index contributed by atoms with van der Waals surface area (Å²) in [6.07, 6.45) is 3.16. The molecule has 6 nitrogen and oxygen atoms in total. The van der Waals surface area contributed by atoms with E-state index in [9.17, 15) is 8.42 Å². The zero-order chi connectivity index (χ0) is 15.5. The van der Waals surface area contributed by atoms with E-state index in [1.807, 2.05) is 25.5 Å². The van der Waals surface area contributed by atoms with Crippen LogP contribution in [0.4, 0.5) is 5.69 Å². The number of nitrogens with one attached hydrogen (secondary N) is 2. The lowest BCUT2D eigenvalue weighted by Gasteiger charge is -2.06. The first-order chi connectivity index (χ1) is 9.96. The van der Waals surface area contributed by atoms with Crippen LogP contribution in [0, 0.1) is 6.92 Å². The van der Waals surface area contributed by atoms with Gasteiger partial charge in [0, 0.05) is 30.7 Å². The van der Waals surface area contributed by atoms with Crippen molar-refractivity contribution in [2.45, 2.75) is 31.8 Å². The molecule has 2 aromatic rings. The van der Waals surface area contributed by atoms with Crippen molar-refractivity contribution in [2.24, 2.45) is 0 Å². The average Bonchev–Trinajstić information content (AvgIpc) is 2.86. The molecule has 0 aliphatic carbocycles. The molecular formula is C14H20N4O2S. The van der Waals surface area contributed by atoms with Crippen molar-refractivity contribution in [2.75, 3.05) is 11.8 Å². The highest BCUT2D eigenvalue weighted by Crippen LogP contribution is 2.18. The third-order valence-electron chi connectivity index (χ3n) is 3.13. The van der Waals surface area contributed by atoms with Gasteiger partial charge in [0.25, 0.3) is 10.0 Å². The van der Waals surface area contributed by atoms with Gasteiger partial charge in [-0.3, -0.25) is 9.71 Å². The standard InChI is InChI=1S/C14H20N4O2S/c1-4-18-10-14(7-13(18)9-15-3)21(19,20)17-12-6-5-11(2)16-8-12/h5-8,10,15,17H,4,9H2,1-3H3. The Morgan fingerprint density at radius 1 is 1.33 bits per heavy atom. The first-order valence-corrected chi connectivity index (χ1v) is 8.23. The van der Waals surface area contributed by atoms with Crippen LogP contribution in [0.2, 0.25) is 0 Å². The molecule has 0 aromatic carbocycles. The highest BCUT2D eigenvalue weighted by atomic mass is 32.2. The van der Waals surface area contributed by atoms with Crippen LogP contribution in [0.15, 0.2) is 35.5 Å². The molecule has 0 aliphatic heterocycles. The molecule has 2 rings (SSSR count). The Morgan fingerprint density at radius 3 is 2.67 bits per heavy atom. The van der Waals surface area contributed by atoms with Gasteiger partial charge in [-0.25, -0.2) is 8.42 Å². The summed E-state index contributed by atoms with van der Waals surface area (Å²) in [5.74, 6) is 0. The van der Waals surface area contributed by atoms with Crippen molar-refractivity contribution in [3.05, 3.63) is 42.0 Å². The van der Waals surface area contributed by atoms with Crippen molar-refractivity contribution >= 4 is 15.7 Å². The van der Waals surface area contributed by atoms with E-state index in [1.54, 1.807) is 24.4 Å². The van der Waals surface area contributed by atoms with E-state index in [4.69, 9.17) is 0 Å². The summed E-state index contributed by atoms with van der Waals surface area (Å²) in [5.41, 5.74) is 2.23. The van der Waals surface area contributed by atoms with Crippen LogP contribution in [0.25, 0.3) is 0 Å². The molecule has 0 atom stereocenters. The van der Waals surface area contributed by atoms with E-state index in [0.717, 1.165) is 17.9 Å². The Kier molecular flexibility index (Phi) is 4.64. The van der Waals surface area contributed by atoms with Gasteiger partial charge in [-0.2, -0.15) is 0 Å². The normalized spacial score (nSPS) is 11.6. The molecule has 114 valence electrons. The number of nitrogens with zero attached hydrogens (tertiary/aromatic N) is 2. The van der Waals surface area contributed by atoms with Crippen LogP contribution >= 0.6 is 0 Å². The Bertz CT molecular complexity index is 705. The van der Waals surface area contributed by atoms with Gasteiger partial charge in [-0.15, -0.1) is 0 Å². The van der Waals surface area contributed by atoms with E-state index in [0.29, 0.717) is 12.2 Å². The fourth-order valence-corrected chi connectivity index (χ4v) is 3.14.